The summed E-state index contributed by atoms with van der Waals surface area (Å²) in [6.45, 7) is 4.02. The second-order valence-electron chi connectivity index (χ2n) is 7.70. The van der Waals surface area contributed by atoms with Crippen molar-refractivity contribution in [3.8, 4) is 10.6 Å². The molecule has 7 nitrogen and oxygen atoms in total. The number of aryl methyl sites for hydroxylation is 1. The summed E-state index contributed by atoms with van der Waals surface area (Å²) in [4.78, 5) is 9.80. The molecule has 0 unspecified atom stereocenters. The Kier molecular flexibility index (Phi) is 6.11. The lowest BCUT2D eigenvalue weighted by Gasteiger charge is -2.25. The Labute approximate surface area is 195 Å². The molecule has 0 aliphatic carbocycles. The Hall–Kier alpha value is -2.14. The Morgan fingerprint density at radius 3 is 2.75 bits per heavy atom. The number of rotatable bonds is 7. The Balaban J connectivity index is 1.39. The number of nitrogens with zero attached hydrogens (tertiary/aromatic N) is 4. The highest BCUT2D eigenvalue weighted by Crippen LogP contribution is 2.31. The molecular weight excluding hydrogens is 464 g/mol. The molecule has 1 aromatic carbocycles. The highest BCUT2D eigenvalue weighted by molar-refractivity contribution is 7.98. The molecule has 0 spiro atoms. The molecule has 32 heavy (non-hydrogen) atoms. The summed E-state index contributed by atoms with van der Waals surface area (Å²) in [5.41, 5.74) is 3.63. The van der Waals surface area contributed by atoms with Crippen LogP contribution in [0.15, 0.2) is 56.6 Å². The summed E-state index contributed by atoms with van der Waals surface area (Å²) < 4.78 is 35.0. The van der Waals surface area contributed by atoms with Crippen LogP contribution >= 0.6 is 23.1 Å². The van der Waals surface area contributed by atoms with E-state index in [1.165, 1.54) is 0 Å². The average molecular weight is 489 g/mol. The number of fused-ring (bicyclic) bond motifs is 1. The van der Waals surface area contributed by atoms with Crippen LogP contribution in [0.4, 0.5) is 0 Å². The van der Waals surface area contributed by atoms with Gasteiger partial charge < -0.3 is 8.98 Å². The monoisotopic (exact) mass is 488 g/mol. The minimum Gasteiger partial charge on any atom is -0.472 e. The molecule has 3 aromatic heterocycles. The van der Waals surface area contributed by atoms with E-state index in [0.29, 0.717) is 29.3 Å². The van der Waals surface area contributed by atoms with Gasteiger partial charge in [0.1, 0.15) is 11.3 Å². The molecule has 1 aliphatic heterocycles. The molecule has 5 rings (SSSR count). The minimum atomic E-state index is -3.48. The summed E-state index contributed by atoms with van der Waals surface area (Å²) in [5.74, 6) is 0.691. The molecule has 0 bridgehead atoms. The number of aromatic nitrogens is 3. The van der Waals surface area contributed by atoms with Crippen molar-refractivity contribution in [2.45, 2.75) is 48.5 Å². The van der Waals surface area contributed by atoms with Gasteiger partial charge in [0.2, 0.25) is 10.0 Å². The van der Waals surface area contributed by atoms with Crippen molar-refractivity contribution in [3.05, 3.63) is 47.9 Å². The molecule has 0 N–H and O–H groups in total. The van der Waals surface area contributed by atoms with E-state index in [1.807, 2.05) is 12.1 Å². The van der Waals surface area contributed by atoms with Gasteiger partial charge in [-0.15, -0.1) is 11.3 Å². The quantitative estimate of drug-likeness (QED) is 0.331. The van der Waals surface area contributed by atoms with Crippen LogP contribution in [0.2, 0.25) is 0 Å². The Morgan fingerprint density at radius 2 is 2.00 bits per heavy atom. The van der Waals surface area contributed by atoms with Gasteiger partial charge in [-0.25, -0.2) is 18.4 Å². The van der Waals surface area contributed by atoms with Crippen molar-refractivity contribution in [1.82, 2.24) is 18.8 Å². The van der Waals surface area contributed by atoms with E-state index in [2.05, 4.69) is 16.9 Å². The molecule has 1 saturated heterocycles. The smallest absolute Gasteiger partial charge is 0.243 e. The van der Waals surface area contributed by atoms with Crippen LogP contribution in [-0.2, 0) is 22.3 Å². The maximum absolute atomic E-state index is 13.1. The van der Waals surface area contributed by atoms with Gasteiger partial charge >= 0.3 is 0 Å². The molecule has 10 heteroatoms. The summed E-state index contributed by atoms with van der Waals surface area (Å²) in [6.07, 6.45) is 6.28. The average Bonchev–Trinajstić information content (AvgIpc) is 3.57. The maximum Gasteiger partial charge on any atom is 0.243 e. The summed E-state index contributed by atoms with van der Waals surface area (Å²) in [6, 6.07) is 7.22. The third-order valence-electron chi connectivity index (χ3n) is 5.62. The largest absolute Gasteiger partial charge is 0.472 e. The molecule has 0 radical (unpaired) electrons. The van der Waals surface area contributed by atoms with Crippen molar-refractivity contribution < 1.29 is 12.8 Å². The molecule has 0 atom stereocenters. The van der Waals surface area contributed by atoms with Crippen LogP contribution in [0.3, 0.4) is 0 Å². The van der Waals surface area contributed by atoms with Gasteiger partial charge in [-0.3, -0.25) is 0 Å². The van der Waals surface area contributed by atoms with Gasteiger partial charge in [0.05, 0.1) is 27.9 Å². The first-order valence-corrected chi connectivity index (χ1v) is 14.0. The highest BCUT2D eigenvalue weighted by atomic mass is 32.2. The predicted octanol–water partition coefficient (Wildman–Crippen LogP) is 5.24. The zero-order valence-electron chi connectivity index (χ0n) is 17.7. The van der Waals surface area contributed by atoms with Crippen molar-refractivity contribution >= 4 is 44.2 Å². The van der Waals surface area contributed by atoms with Gasteiger partial charge in [-0.2, -0.15) is 4.31 Å². The number of sulfonamides is 1. The number of furan rings is 1. The molecular formula is C22H24N4O3S3. The molecule has 0 saturated carbocycles. The topological polar surface area (TPSA) is 81.2 Å². The first-order chi connectivity index (χ1) is 15.6. The van der Waals surface area contributed by atoms with E-state index < -0.39 is 10.0 Å². The van der Waals surface area contributed by atoms with E-state index in [9.17, 15) is 8.42 Å². The lowest BCUT2D eigenvalue weighted by Crippen LogP contribution is -2.35. The lowest BCUT2D eigenvalue weighted by molar-refractivity contribution is 0.346. The molecule has 1 aliphatic rings. The zero-order valence-corrected chi connectivity index (χ0v) is 20.2. The molecule has 0 amide bonds. The number of hydrogen-bond acceptors (Lipinski definition) is 7. The fraction of sp³-hybridized carbons (Fsp3) is 0.364. The van der Waals surface area contributed by atoms with Crippen molar-refractivity contribution in [3.63, 3.8) is 0 Å². The van der Waals surface area contributed by atoms with Gasteiger partial charge in [0, 0.05) is 36.3 Å². The molecule has 4 aromatic rings. The van der Waals surface area contributed by atoms with E-state index >= 15 is 0 Å². The zero-order chi connectivity index (χ0) is 22.1. The lowest BCUT2D eigenvalue weighted by atomic mass is 10.2. The van der Waals surface area contributed by atoms with Crippen molar-refractivity contribution in [1.29, 1.82) is 0 Å². The maximum atomic E-state index is 13.1. The fourth-order valence-corrected chi connectivity index (χ4v) is 7.37. The van der Waals surface area contributed by atoms with Gasteiger partial charge in [0.15, 0.2) is 5.16 Å². The van der Waals surface area contributed by atoms with E-state index in [1.54, 1.807) is 52.1 Å². The normalized spacial score (nSPS) is 15.5. The second-order valence-corrected chi connectivity index (χ2v) is 11.4. The number of piperidine rings is 1. The predicted molar refractivity (Wildman–Crippen MR) is 127 cm³/mol. The highest BCUT2D eigenvalue weighted by Gasteiger charge is 2.26. The van der Waals surface area contributed by atoms with Gasteiger partial charge in [-0.1, -0.05) is 18.2 Å². The molecule has 168 valence electrons. The number of imidazole rings is 1. The summed E-state index contributed by atoms with van der Waals surface area (Å²) in [5, 5.41) is 3.86. The van der Waals surface area contributed by atoms with Crippen molar-refractivity contribution in [2.24, 2.45) is 0 Å². The number of thiazole rings is 1. The first kappa shape index (κ1) is 21.7. The van der Waals surface area contributed by atoms with E-state index in [4.69, 9.17) is 14.4 Å². The third-order valence-corrected chi connectivity index (χ3v) is 9.47. The molecule has 4 heterocycles. The number of thioether (sulfide) groups is 1. The Bertz CT molecular complexity index is 1320. The minimum absolute atomic E-state index is 0.327. The first-order valence-electron chi connectivity index (χ1n) is 10.7. The van der Waals surface area contributed by atoms with Crippen LogP contribution in [0.5, 0.6) is 0 Å². The number of hydrogen-bond donors (Lipinski definition) is 0. The summed E-state index contributed by atoms with van der Waals surface area (Å²) >= 11 is 3.21. The van der Waals surface area contributed by atoms with Crippen LogP contribution < -0.4 is 0 Å². The molecule has 1 fully saturated rings. The SMILES string of the molecule is CCn1c(SCc2csc(-c3ccoc3)n2)nc2cc(S(=O)(=O)N3CCCCC3)ccc21. The van der Waals surface area contributed by atoms with Crippen molar-refractivity contribution in [2.75, 3.05) is 13.1 Å². The van der Waals surface area contributed by atoms with Crippen LogP contribution in [0, 0.1) is 0 Å². The van der Waals surface area contributed by atoms with Crippen LogP contribution in [0.1, 0.15) is 31.9 Å². The number of benzene rings is 1. The fourth-order valence-electron chi connectivity index (χ4n) is 3.95. The van der Waals surface area contributed by atoms with Crippen LogP contribution in [-0.4, -0.2) is 40.3 Å². The second kappa shape index (κ2) is 9.01. The van der Waals surface area contributed by atoms with Gasteiger partial charge in [0.25, 0.3) is 0 Å². The van der Waals surface area contributed by atoms with E-state index in [-0.39, 0.29) is 0 Å². The standard InChI is InChI=1S/C22H24N4O3S3/c1-2-26-20-7-6-18(32(27,28)25-9-4-3-5-10-25)12-19(20)24-22(26)31-15-17-14-30-21(23-17)16-8-11-29-13-16/h6-8,11-14H,2-5,9-10,15H2,1H3. The Morgan fingerprint density at radius 1 is 1.16 bits per heavy atom. The summed E-state index contributed by atoms with van der Waals surface area (Å²) in [7, 11) is -3.48. The van der Waals surface area contributed by atoms with Gasteiger partial charge in [-0.05, 0) is 44.0 Å². The third kappa shape index (κ3) is 4.12. The van der Waals surface area contributed by atoms with E-state index in [0.717, 1.165) is 52.7 Å². The van der Waals surface area contributed by atoms with Crippen LogP contribution in [0.25, 0.3) is 21.6 Å².